The topological polar surface area (TPSA) is 155 Å². The average molecular weight is 464 g/mol. The summed E-state index contributed by atoms with van der Waals surface area (Å²) >= 11 is 0. The van der Waals surface area contributed by atoms with Gasteiger partial charge in [0.15, 0.2) is 18.4 Å². The number of ether oxygens (including phenoxy) is 5. The quantitative estimate of drug-likeness (QED) is 0.531. The molecule has 1 aromatic heterocycles. The Morgan fingerprint density at radius 1 is 1.15 bits per heavy atom. The van der Waals surface area contributed by atoms with E-state index in [0.29, 0.717) is 11.3 Å². The van der Waals surface area contributed by atoms with Crippen molar-refractivity contribution in [1.82, 2.24) is 9.55 Å². The lowest BCUT2D eigenvalue weighted by Crippen LogP contribution is -2.42. The summed E-state index contributed by atoms with van der Waals surface area (Å²) in [6.07, 6.45) is -3.82. The molecule has 0 bridgehead atoms. The molecule has 12 nitrogen and oxygen atoms in total. The molecule has 12 heteroatoms. The molecule has 1 aromatic carbocycles. The van der Waals surface area contributed by atoms with Crippen LogP contribution in [0.5, 0.6) is 11.5 Å². The van der Waals surface area contributed by atoms with Crippen molar-refractivity contribution < 1.29 is 38.4 Å². The minimum Gasteiger partial charge on any atom is -0.497 e. The van der Waals surface area contributed by atoms with E-state index < -0.39 is 54.3 Å². The third-order valence-electron chi connectivity index (χ3n) is 5.07. The Labute approximate surface area is 187 Å². The van der Waals surface area contributed by atoms with Gasteiger partial charge in [-0.1, -0.05) is 0 Å². The second-order valence-corrected chi connectivity index (χ2v) is 7.23. The van der Waals surface area contributed by atoms with Gasteiger partial charge in [0, 0.05) is 25.3 Å². The van der Waals surface area contributed by atoms with Gasteiger partial charge >= 0.3 is 17.6 Å². The number of aryl methyl sites for hydroxylation is 1. The van der Waals surface area contributed by atoms with Crippen LogP contribution < -0.4 is 20.7 Å². The number of methoxy groups -OCH3 is 2. The number of aliphatic hydroxyl groups excluding tert-OH is 1. The number of hydrogen-bond acceptors (Lipinski definition) is 10. The Balaban J connectivity index is 1.99. The highest BCUT2D eigenvalue weighted by molar-refractivity contribution is 5.94. The van der Waals surface area contributed by atoms with Gasteiger partial charge in [-0.3, -0.25) is 19.1 Å². The molecule has 0 saturated carbocycles. The number of carbonyl (C=O) groups is 2. The van der Waals surface area contributed by atoms with Crippen LogP contribution >= 0.6 is 0 Å². The largest absolute Gasteiger partial charge is 0.497 e. The zero-order chi connectivity index (χ0) is 24.3. The van der Waals surface area contributed by atoms with Crippen LogP contribution in [0.1, 0.15) is 29.1 Å². The molecule has 3 rings (SSSR count). The number of nitrogens with zero attached hydrogens (tertiary/aromatic N) is 1. The Kier molecular flexibility index (Phi) is 7.19. The molecule has 0 spiro atoms. The molecule has 2 N–H and O–H groups in total. The smallest absolute Gasteiger partial charge is 0.342 e. The Morgan fingerprint density at radius 3 is 2.45 bits per heavy atom. The molecule has 2 heterocycles. The number of aromatic nitrogens is 2. The second-order valence-electron chi connectivity index (χ2n) is 7.23. The predicted octanol–water partition coefficient (Wildman–Crippen LogP) is -0.0908. The van der Waals surface area contributed by atoms with Crippen molar-refractivity contribution in [3.8, 4) is 11.5 Å². The van der Waals surface area contributed by atoms with Crippen LogP contribution in [-0.4, -0.2) is 65.7 Å². The first-order valence-corrected chi connectivity index (χ1v) is 9.88. The molecule has 2 aromatic rings. The van der Waals surface area contributed by atoms with Gasteiger partial charge in [0.25, 0.3) is 5.56 Å². The molecule has 1 aliphatic rings. The predicted molar refractivity (Wildman–Crippen MR) is 111 cm³/mol. The first kappa shape index (κ1) is 24.0. The van der Waals surface area contributed by atoms with Crippen molar-refractivity contribution >= 4 is 11.9 Å². The van der Waals surface area contributed by atoms with Crippen molar-refractivity contribution in [2.24, 2.45) is 0 Å². The SMILES string of the molecule is COc1cc(C)c(C(=O)O[C@H]2[C@@H](OC(C)=O)[C@H](n3ccc(=O)[nH]c3=O)O[C@@H]2CO)c(OC)c1. The molecule has 1 saturated heterocycles. The van der Waals surface area contributed by atoms with E-state index in [4.69, 9.17) is 23.7 Å². The molecular weight excluding hydrogens is 440 g/mol. The maximum absolute atomic E-state index is 13.1. The lowest BCUT2D eigenvalue weighted by Gasteiger charge is -2.24. The third-order valence-corrected chi connectivity index (χ3v) is 5.07. The number of H-pyrrole nitrogens is 1. The number of hydrogen-bond donors (Lipinski definition) is 2. The first-order chi connectivity index (χ1) is 15.7. The monoisotopic (exact) mass is 464 g/mol. The summed E-state index contributed by atoms with van der Waals surface area (Å²) in [5, 5.41) is 9.83. The maximum atomic E-state index is 13.1. The fraction of sp³-hybridized carbons (Fsp3) is 0.429. The summed E-state index contributed by atoms with van der Waals surface area (Å²) in [4.78, 5) is 50.7. The van der Waals surface area contributed by atoms with E-state index in [1.807, 2.05) is 0 Å². The van der Waals surface area contributed by atoms with Crippen LogP contribution in [-0.2, 0) is 19.0 Å². The number of nitrogens with one attached hydrogen (secondary N) is 1. The van der Waals surface area contributed by atoms with Gasteiger partial charge in [-0.2, -0.15) is 0 Å². The Bertz CT molecular complexity index is 1150. The lowest BCUT2D eigenvalue weighted by atomic mass is 10.1. The summed E-state index contributed by atoms with van der Waals surface area (Å²) in [6.45, 7) is 2.18. The number of carbonyl (C=O) groups excluding carboxylic acids is 2. The zero-order valence-electron chi connectivity index (χ0n) is 18.4. The molecule has 0 aliphatic carbocycles. The molecule has 0 unspecified atom stereocenters. The average Bonchev–Trinajstić information content (AvgIpc) is 3.09. The van der Waals surface area contributed by atoms with E-state index in [2.05, 4.69) is 4.98 Å². The summed E-state index contributed by atoms with van der Waals surface area (Å²) in [6, 6.07) is 4.19. The lowest BCUT2D eigenvalue weighted by molar-refractivity contribution is -0.156. The van der Waals surface area contributed by atoms with E-state index in [-0.39, 0.29) is 11.3 Å². The summed E-state index contributed by atoms with van der Waals surface area (Å²) < 4.78 is 28.1. The van der Waals surface area contributed by atoms with Crippen molar-refractivity contribution in [2.45, 2.75) is 38.4 Å². The first-order valence-electron chi connectivity index (χ1n) is 9.88. The van der Waals surface area contributed by atoms with E-state index in [0.717, 1.165) is 23.8 Å². The summed E-state index contributed by atoms with van der Waals surface area (Å²) in [7, 11) is 2.84. The van der Waals surface area contributed by atoms with Crippen molar-refractivity contribution in [3.63, 3.8) is 0 Å². The second kappa shape index (κ2) is 9.88. The molecule has 4 atom stereocenters. The van der Waals surface area contributed by atoms with Gasteiger partial charge in [0.05, 0.1) is 20.8 Å². The number of aromatic amines is 1. The molecular formula is C21H24N2O10. The number of aliphatic hydroxyl groups is 1. The van der Waals surface area contributed by atoms with Gasteiger partial charge in [0.1, 0.15) is 23.2 Å². The van der Waals surface area contributed by atoms with Gasteiger partial charge < -0.3 is 28.8 Å². The summed E-state index contributed by atoms with van der Waals surface area (Å²) in [5.41, 5.74) is -0.877. The van der Waals surface area contributed by atoms with Gasteiger partial charge in [0.2, 0.25) is 0 Å². The van der Waals surface area contributed by atoms with E-state index in [9.17, 15) is 24.3 Å². The molecule has 1 fully saturated rings. The minimum absolute atomic E-state index is 0.0984. The highest BCUT2D eigenvalue weighted by Crippen LogP contribution is 2.35. The van der Waals surface area contributed by atoms with Gasteiger partial charge in [-0.05, 0) is 18.6 Å². The van der Waals surface area contributed by atoms with Crippen LogP contribution in [0.4, 0.5) is 0 Å². The Hall–Kier alpha value is -3.64. The third kappa shape index (κ3) is 4.91. The van der Waals surface area contributed by atoms with Gasteiger partial charge in [-0.25, -0.2) is 9.59 Å². The highest BCUT2D eigenvalue weighted by atomic mass is 16.6. The molecule has 33 heavy (non-hydrogen) atoms. The van der Waals surface area contributed by atoms with Crippen molar-refractivity contribution in [3.05, 3.63) is 56.4 Å². The zero-order valence-corrected chi connectivity index (χ0v) is 18.4. The minimum atomic E-state index is -1.29. The molecule has 0 radical (unpaired) electrons. The fourth-order valence-electron chi connectivity index (χ4n) is 3.61. The van der Waals surface area contributed by atoms with Crippen molar-refractivity contribution in [2.75, 3.05) is 20.8 Å². The van der Waals surface area contributed by atoms with E-state index >= 15 is 0 Å². The fourth-order valence-corrected chi connectivity index (χ4v) is 3.61. The molecule has 1 aliphatic heterocycles. The maximum Gasteiger partial charge on any atom is 0.342 e. The van der Waals surface area contributed by atoms with Crippen LogP contribution in [0.15, 0.2) is 34.0 Å². The highest BCUT2D eigenvalue weighted by Gasteiger charge is 2.50. The Morgan fingerprint density at radius 2 is 1.88 bits per heavy atom. The standard InChI is InChI=1S/C21H24N2O10/c1-10-7-12(29-3)8-13(30-4)16(10)20(27)33-17-14(9-24)32-19(18(17)31-11(2)25)23-6-5-15(26)22-21(23)28/h5-8,14,17-19,24H,9H2,1-4H3,(H,22,26,28)/t14-,17-,18-,19-/m1/s1. The van der Waals surface area contributed by atoms with Crippen LogP contribution in [0.2, 0.25) is 0 Å². The summed E-state index contributed by atoms with van der Waals surface area (Å²) in [5.74, 6) is -0.906. The van der Waals surface area contributed by atoms with Crippen molar-refractivity contribution in [1.29, 1.82) is 0 Å². The normalized spacial score (nSPS) is 22.0. The van der Waals surface area contributed by atoms with Crippen LogP contribution in [0.25, 0.3) is 0 Å². The molecule has 0 amide bonds. The number of esters is 2. The van der Waals surface area contributed by atoms with Crippen LogP contribution in [0.3, 0.4) is 0 Å². The van der Waals surface area contributed by atoms with Gasteiger partial charge in [-0.15, -0.1) is 0 Å². The van der Waals surface area contributed by atoms with E-state index in [1.165, 1.54) is 20.3 Å². The van der Waals surface area contributed by atoms with E-state index in [1.54, 1.807) is 13.0 Å². The van der Waals surface area contributed by atoms with Crippen LogP contribution in [0, 0.1) is 6.92 Å². The number of rotatable bonds is 7. The molecule has 178 valence electrons. The number of benzene rings is 1.